The Morgan fingerprint density at radius 3 is 3.07 bits per heavy atom. The van der Waals surface area contributed by atoms with Gasteiger partial charge in [-0.2, -0.15) is 0 Å². The Labute approximate surface area is 95.0 Å². The third-order valence-electron chi connectivity index (χ3n) is 2.12. The van der Waals surface area contributed by atoms with Crippen LogP contribution in [0.4, 0.5) is 0 Å². The number of halogens is 1. The van der Waals surface area contributed by atoms with E-state index < -0.39 is 0 Å². The van der Waals surface area contributed by atoms with Crippen LogP contribution in [0, 0.1) is 0 Å². The summed E-state index contributed by atoms with van der Waals surface area (Å²) in [6, 6.07) is 1.63. The van der Waals surface area contributed by atoms with Crippen molar-refractivity contribution in [3.05, 3.63) is 40.8 Å². The van der Waals surface area contributed by atoms with Crippen molar-refractivity contribution in [2.75, 3.05) is 0 Å². The van der Waals surface area contributed by atoms with Crippen LogP contribution >= 0.6 is 15.9 Å². The molecule has 4 nitrogen and oxygen atoms in total. The Bertz CT molecular complexity index is 487. The van der Waals surface area contributed by atoms with E-state index in [1.54, 1.807) is 23.0 Å². The Hall–Kier alpha value is -1.36. The van der Waals surface area contributed by atoms with E-state index >= 15 is 0 Å². The van der Waals surface area contributed by atoms with E-state index in [0.29, 0.717) is 16.1 Å². The predicted octanol–water partition coefficient (Wildman–Crippen LogP) is 2.49. The molecule has 5 heteroatoms. The van der Waals surface area contributed by atoms with Gasteiger partial charge in [0.05, 0.1) is 11.8 Å². The third-order valence-corrected chi connectivity index (χ3v) is 2.74. The van der Waals surface area contributed by atoms with Crippen molar-refractivity contribution in [3.8, 4) is 0 Å². The molecule has 78 valence electrons. The van der Waals surface area contributed by atoms with Gasteiger partial charge in [-0.15, -0.1) is 0 Å². The number of rotatable bonds is 3. The van der Waals surface area contributed by atoms with Crippen LogP contribution in [0.5, 0.6) is 0 Å². The van der Waals surface area contributed by atoms with E-state index in [4.69, 9.17) is 4.42 Å². The lowest BCUT2D eigenvalue weighted by atomic mass is 10.2. The van der Waals surface area contributed by atoms with E-state index in [1.807, 2.05) is 6.92 Å². The number of nitrogens with zero attached hydrogens (tertiary/aromatic N) is 2. The topological polar surface area (TPSA) is 48.0 Å². The van der Waals surface area contributed by atoms with Gasteiger partial charge in [0.2, 0.25) is 5.78 Å². The second-order valence-electron chi connectivity index (χ2n) is 2.97. The van der Waals surface area contributed by atoms with Crippen LogP contribution in [-0.4, -0.2) is 15.3 Å². The van der Waals surface area contributed by atoms with Crippen molar-refractivity contribution in [1.29, 1.82) is 0 Å². The molecular weight excluding hydrogens is 260 g/mol. The van der Waals surface area contributed by atoms with Gasteiger partial charge in [-0.25, -0.2) is 4.98 Å². The van der Waals surface area contributed by atoms with Gasteiger partial charge in [0.1, 0.15) is 0 Å². The average molecular weight is 269 g/mol. The Morgan fingerprint density at radius 1 is 1.67 bits per heavy atom. The first-order chi connectivity index (χ1) is 7.24. The second kappa shape index (κ2) is 4.02. The lowest BCUT2D eigenvalue weighted by molar-refractivity contribution is 0.102. The fourth-order valence-corrected chi connectivity index (χ4v) is 1.77. The van der Waals surface area contributed by atoms with Gasteiger partial charge >= 0.3 is 0 Å². The molecule has 0 atom stereocenters. The minimum Gasteiger partial charge on any atom is -0.457 e. The van der Waals surface area contributed by atoms with Crippen molar-refractivity contribution in [1.82, 2.24) is 9.55 Å². The van der Waals surface area contributed by atoms with Crippen molar-refractivity contribution < 1.29 is 9.21 Å². The standard InChI is InChI=1S/C10H9BrN2O2/c1-2-13-5-4-12-10(13)8(14)7-3-6-15-9(7)11/h3-6H,2H2,1H3. The molecule has 0 amide bonds. The van der Waals surface area contributed by atoms with Gasteiger partial charge in [-0.1, -0.05) is 0 Å². The summed E-state index contributed by atoms with van der Waals surface area (Å²) in [7, 11) is 0. The van der Waals surface area contributed by atoms with E-state index in [9.17, 15) is 4.79 Å². The minimum absolute atomic E-state index is 0.137. The molecule has 0 N–H and O–H groups in total. The first-order valence-electron chi connectivity index (χ1n) is 4.53. The molecule has 0 fully saturated rings. The predicted molar refractivity (Wildman–Crippen MR) is 57.7 cm³/mol. The van der Waals surface area contributed by atoms with Crippen LogP contribution in [0.25, 0.3) is 0 Å². The summed E-state index contributed by atoms with van der Waals surface area (Å²) in [4.78, 5) is 16.0. The fraction of sp³-hybridized carbons (Fsp3) is 0.200. The molecule has 0 aliphatic heterocycles. The monoisotopic (exact) mass is 268 g/mol. The smallest absolute Gasteiger partial charge is 0.232 e. The SMILES string of the molecule is CCn1ccnc1C(=O)c1ccoc1Br. The molecule has 0 aliphatic rings. The first kappa shape index (κ1) is 10.2. The van der Waals surface area contributed by atoms with Crippen molar-refractivity contribution in [3.63, 3.8) is 0 Å². The Balaban J connectivity index is 2.41. The molecule has 0 radical (unpaired) electrons. The molecule has 2 aromatic heterocycles. The summed E-state index contributed by atoms with van der Waals surface area (Å²) >= 11 is 3.17. The number of furan rings is 1. The number of carbonyl (C=O) groups excluding carboxylic acids is 1. The highest BCUT2D eigenvalue weighted by Crippen LogP contribution is 2.20. The molecule has 2 rings (SSSR count). The molecule has 0 aromatic carbocycles. The highest BCUT2D eigenvalue weighted by Gasteiger charge is 2.18. The van der Waals surface area contributed by atoms with Crippen molar-refractivity contribution >= 4 is 21.7 Å². The molecule has 0 bridgehead atoms. The Kier molecular flexibility index (Phi) is 2.73. The summed E-state index contributed by atoms with van der Waals surface area (Å²) in [5, 5.41) is 0. The molecule has 0 aliphatic carbocycles. The summed E-state index contributed by atoms with van der Waals surface area (Å²) < 4.78 is 7.25. The summed E-state index contributed by atoms with van der Waals surface area (Å²) in [5.74, 6) is 0.294. The van der Waals surface area contributed by atoms with Gasteiger partial charge in [-0.3, -0.25) is 4.79 Å². The van der Waals surface area contributed by atoms with Crippen LogP contribution in [0.3, 0.4) is 0 Å². The number of imidazole rings is 1. The van der Waals surface area contributed by atoms with Gasteiger partial charge < -0.3 is 8.98 Å². The maximum absolute atomic E-state index is 12.0. The van der Waals surface area contributed by atoms with Crippen LogP contribution in [0.2, 0.25) is 0 Å². The molecule has 0 saturated carbocycles. The van der Waals surface area contributed by atoms with Gasteiger partial charge in [0.25, 0.3) is 0 Å². The maximum Gasteiger partial charge on any atom is 0.232 e. The van der Waals surface area contributed by atoms with Crippen LogP contribution < -0.4 is 0 Å². The minimum atomic E-state index is -0.137. The fourth-order valence-electron chi connectivity index (χ4n) is 1.35. The number of carbonyl (C=O) groups is 1. The number of ketones is 1. The largest absolute Gasteiger partial charge is 0.457 e. The number of hydrogen-bond acceptors (Lipinski definition) is 3. The first-order valence-corrected chi connectivity index (χ1v) is 5.32. The summed E-state index contributed by atoms with van der Waals surface area (Å²) in [6.07, 6.45) is 4.86. The van der Waals surface area contributed by atoms with Gasteiger partial charge in [0.15, 0.2) is 10.5 Å². The normalized spacial score (nSPS) is 10.5. The third kappa shape index (κ3) is 1.74. The van der Waals surface area contributed by atoms with Crippen molar-refractivity contribution in [2.45, 2.75) is 13.5 Å². The van der Waals surface area contributed by atoms with E-state index in [2.05, 4.69) is 20.9 Å². The number of hydrogen-bond donors (Lipinski definition) is 0. The lowest BCUT2D eigenvalue weighted by Gasteiger charge is -2.01. The van der Waals surface area contributed by atoms with Crippen molar-refractivity contribution in [2.24, 2.45) is 0 Å². The van der Waals surface area contributed by atoms with Gasteiger partial charge in [-0.05, 0) is 28.9 Å². The van der Waals surface area contributed by atoms with Crippen LogP contribution in [-0.2, 0) is 6.54 Å². The number of aryl methyl sites for hydroxylation is 1. The molecule has 2 heterocycles. The number of aromatic nitrogens is 2. The zero-order chi connectivity index (χ0) is 10.8. The van der Waals surface area contributed by atoms with Gasteiger partial charge in [0, 0.05) is 18.9 Å². The maximum atomic E-state index is 12.0. The van der Waals surface area contributed by atoms with E-state index in [0.717, 1.165) is 6.54 Å². The quantitative estimate of drug-likeness (QED) is 0.804. The summed E-state index contributed by atoms with van der Waals surface area (Å²) in [6.45, 7) is 2.68. The molecule has 0 saturated heterocycles. The summed E-state index contributed by atoms with van der Waals surface area (Å²) in [5.41, 5.74) is 0.496. The molecule has 0 spiro atoms. The second-order valence-corrected chi connectivity index (χ2v) is 3.69. The Morgan fingerprint density at radius 2 is 2.47 bits per heavy atom. The molecule has 2 aromatic rings. The van der Waals surface area contributed by atoms with E-state index in [1.165, 1.54) is 6.26 Å². The van der Waals surface area contributed by atoms with Crippen LogP contribution in [0.1, 0.15) is 23.1 Å². The lowest BCUT2D eigenvalue weighted by Crippen LogP contribution is -2.10. The molecule has 0 unspecified atom stereocenters. The average Bonchev–Trinajstić information content (AvgIpc) is 2.84. The highest BCUT2D eigenvalue weighted by atomic mass is 79.9. The molecular formula is C10H9BrN2O2. The van der Waals surface area contributed by atoms with E-state index in [-0.39, 0.29) is 5.78 Å². The zero-order valence-electron chi connectivity index (χ0n) is 8.11. The zero-order valence-corrected chi connectivity index (χ0v) is 9.69. The highest BCUT2D eigenvalue weighted by molar-refractivity contribution is 9.10. The van der Waals surface area contributed by atoms with Crippen LogP contribution in [0.15, 0.2) is 33.8 Å². The molecule has 15 heavy (non-hydrogen) atoms.